The number of hydrogen-bond donors (Lipinski definition) is 0. The highest BCUT2D eigenvalue weighted by Gasteiger charge is 2.37. The van der Waals surface area contributed by atoms with Crippen LogP contribution in [0.5, 0.6) is 5.75 Å². The molecule has 1 atom stereocenters. The van der Waals surface area contributed by atoms with Gasteiger partial charge in [0.05, 0.1) is 25.5 Å². The second-order valence-corrected chi connectivity index (χ2v) is 8.64. The maximum absolute atomic E-state index is 14.8. The highest BCUT2D eigenvalue weighted by atomic mass is 19.1. The maximum Gasteiger partial charge on any atom is 0.262 e. The number of carbonyl (C=O) groups is 2. The summed E-state index contributed by atoms with van der Waals surface area (Å²) in [5.41, 5.74) is 1.86. The van der Waals surface area contributed by atoms with Crippen LogP contribution in [-0.2, 0) is 14.3 Å². The van der Waals surface area contributed by atoms with Gasteiger partial charge < -0.3 is 14.4 Å². The lowest BCUT2D eigenvalue weighted by atomic mass is 9.84. The zero-order chi connectivity index (χ0) is 24.1. The van der Waals surface area contributed by atoms with E-state index >= 15 is 0 Å². The molecule has 4 rings (SSSR count). The third kappa shape index (κ3) is 5.12. The van der Waals surface area contributed by atoms with Crippen molar-refractivity contribution in [2.45, 2.75) is 31.7 Å². The summed E-state index contributed by atoms with van der Waals surface area (Å²) in [5, 5.41) is 5.95. The number of hydrogen-bond acceptors (Lipinski definition) is 5. The van der Waals surface area contributed by atoms with Crippen molar-refractivity contribution >= 4 is 17.5 Å². The molecule has 1 unspecified atom stereocenters. The average Bonchev–Trinajstić information content (AvgIpc) is 3.26. The predicted octanol–water partition coefficient (Wildman–Crippen LogP) is 3.79. The van der Waals surface area contributed by atoms with E-state index in [1.54, 1.807) is 37.3 Å². The average molecular weight is 468 g/mol. The molecule has 1 heterocycles. The number of ether oxygens (including phenoxy) is 2. The van der Waals surface area contributed by atoms with Gasteiger partial charge in [-0.3, -0.25) is 9.59 Å². The SMILES string of the molecule is COCCN(CC(=O)N1N=C(c2cccc(OC)c2)CC1c1ccccc1F)C(=O)C1CCC1. The minimum atomic E-state index is -0.599. The van der Waals surface area contributed by atoms with E-state index in [-0.39, 0.29) is 24.3 Å². The van der Waals surface area contributed by atoms with Gasteiger partial charge in [-0.25, -0.2) is 9.40 Å². The summed E-state index contributed by atoms with van der Waals surface area (Å²) in [7, 11) is 3.15. The molecule has 2 aromatic rings. The number of nitrogens with zero attached hydrogens (tertiary/aromatic N) is 3. The van der Waals surface area contributed by atoms with Gasteiger partial charge in [-0.1, -0.05) is 36.8 Å². The highest BCUT2D eigenvalue weighted by Crippen LogP contribution is 2.35. The van der Waals surface area contributed by atoms with Crippen LogP contribution >= 0.6 is 0 Å². The molecule has 0 N–H and O–H groups in total. The largest absolute Gasteiger partial charge is 0.497 e. The van der Waals surface area contributed by atoms with E-state index in [1.807, 2.05) is 24.3 Å². The van der Waals surface area contributed by atoms with Gasteiger partial charge in [-0.05, 0) is 31.0 Å². The van der Waals surface area contributed by atoms with Crippen molar-refractivity contribution in [1.29, 1.82) is 0 Å². The first-order valence-corrected chi connectivity index (χ1v) is 11.6. The lowest BCUT2D eigenvalue weighted by Crippen LogP contribution is -2.46. The van der Waals surface area contributed by atoms with Crippen LogP contribution < -0.4 is 4.74 Å². The van der Waals surface area contributed by atoms with Gasteiger partial charge >= 0.3 is 0 Å². The Bertz CT molecular complexity index is 1070. The quantitative estimate of drug-likeness (QED) is 0.563. The van der Waals surface area contributed by atoms with Crippen LogP contribution in [0.1, 0.15) is 42.9 Å². The van der Waals surface area contributed by atoms with Gasteiger partial charge in [-0.2, -0.15) is 5.10 Å². The third-order valence-corrected chi connectivity index (χ3v) is 6.49. The van der Waals surface area contributed by atoms with E-state index in [1.165, 1.54) is 11.1 Å². The molecular formula is C26H30FN3O4. The fourth-order valence-corrected chi connectivity index (χ4v) is 4.32. The zero-order valence-corrected chi connectivity index (χ0v) is 19.6. The minimum Gasteiger partial charge on any atom is -0.497 e. The van der Waals surface area contributed by atoms with Gasteiger partial charge in [0.15, 0.2) is 0 Å². The van der Waals surface area contributed by atoms with E-state index in [0.717, 1.165) is 24.8 Å². The molecule has 8 heteroatoms. The molecule has 0 aromatic heterocycles. The number of amides is 2. The van der Waals surface area contributed by atoms with Crippen molar-refractivity contribution < 1.29 is 23.5 Å². The van der Waals surface area contributed by atoms with Crippen LogP contribution in [0.2, 0.25) is 0 Å². The third-order valence-electron chi connectivity index (χ3n) is 6.49. The number of benzene rings is 2. The topological polar surface area (TPSA) is 71.4 Å². The Labute approximate surface area is 199 Å². The normalized spacial score (nSPS) is 17.8. The van der Waals surface area contributed by atoms with Crippen LogP contribution in [0.4, 0.5) is 4.39 Å². The van der Waals surface area contributed by atoms with E-state index in [0.29, 0.717) is 36.6 Å². The second kappa shape index (κ2) is 10.8. The standard InChI is InChI=1S/C26H30FN3O4/c1-33-14-13-29(26(32)18-7-5-8-18)17-25(31)30-24(21-11-3-4-12-22(21)27)16-23(28-30)19-9-6-10-20(15-19)34-2/h3-4,6,9-12,15,18,24H,5,7-8,13-14,16-17H2,1-2H3. The Morgan fingerprint density at radius 1 is 1.15 bits per heavy atom. The van der Waals surface area contributed by atoms with Crippen molar-refractivity contribution in [2.75, 3.05) is 33.9 Å². The predicted molar refractivity (Wildman–Crippen MR) is 126 cm³/mol. The molecule has 7 nitrogen and oxygen atoms in total. The van der Waals surface area contributed by atoms with Crippen molar-refractivity contribution in [1.82, 2.24) is 9.91 Å². The van der Waals surface area contributed by atoms with Gasteiger partial charge in [0, 0.05) is 37.1 Å². The van der Waals surface area contributed by atoms with E-state index in [2.05, 4.69) is 5.10 Å². The molecule has 0 bridgehead atoms. The Morgan fingerprint density at radius 3 is 2.62 bits per heavy atom. The van der Waals surface area contributed by atoms with Gasteiger partial charge in [0.1, 0.15) is 18.1 Å². The van der Waals surface area contributed by atoms with Crippen molar-refractivity contribution in [2.24, 2.45) is 11.0 Å². The minimum absolute atomic E-state index is 0.0321. The Kier molecular flexibility index (Phi) is 7.57. The van der Waals surface area contributed by atoms with Crippen molar-refractivity contribution in [3.8, 4) is 5.75 Å². The van der Waals surface area contributed by atoms with Gasteiger partial charge in [0.2, 0.25) is 5.91 Å². The fraction of sp³-hybridized carbons (Fsp3) is 0.423. The summed E-state index contributed by atoms with van der Waals surface area (Å²) < 4.78 is 25.2. The molecule has 1 aliphatic carbocycles. The maximum atomic E-state index is 14.8. The number of rotatable bonds is 9. The van der Waals surface area contributed by atoms with Crippen LogP contribution in [0, 0.1) is 11.7 Å². The molecule has 1 fully saturated rings. The molecular weight excluding hydrogens is 437 g/mol. The van der Waals surface area contributed by atoms with Crippen LogP contribution in [0.15, 0.2) is 53.6 Å². The monoisotopic (exact) mass is 467 g/mol. The molecule has 1 aliphatic heterocycles. The lowest BCUT2D eigenvalue weighted by molar-refractivity contribution is -0.146. The summed E-state index contributed by atoms with van der Waals surface area (Å²) in [4.78, 5) is 28.0. The molecule has 0 radical (unpaired) electrons. The summed E-state index contributed by atoms with van der Waals surface area (Å²) >= 11 is 0. The summed E-state index contributed by atoms with van der Waals surface area (Å²) in [6, 6.07) is 13.2. The molecule has 2 amide bonds. The van der Waals surface area contributed by atoms with Gasteiger partial charge in [-0.15, -0.1) is 0 Å². The number of halogens is 1. The Balaban J connectivity index is 1.62. The molecule has 0 spiro atoms. The van der Waals surface area contributed by atoms with E-state index in [9.17, 15) is 14.0 Å². The first-order chi connectivity index (χ1) is 16.5. The van der Waals surface area contributed by atoms with E-state index in [4.69, 9.17) is 9.47 Å². The molecule has 2 aromatic carbocycles. The first-order valence-electron chi connectivity index (χ1n) is 11.6. The molecule has 180 valence electrons. The van der Waals surface area contributed by atoms with Crippen molar-refractivity contribution in [3.05, 3.63) is 65.5 Å². The zero-order valence-electron chi connectivity index (χ0n) is 19.6. The fourth-order valence-electron chi connectivity index (χ4n) is 4.32. The summed E-state index contributed by atoms with van der Waals surface area (Å²) in [6.07, 6.45) is 3.07. The molecule has 0 saturated heterocycles. The highest BCUT2D eigenvalue weighted by molar-refractivity contribution is 6.03. The number of methoxy groups -OCH3 is 2. The van der Waals surface area contributed by atoms with E-state index < -0.39 is 11.9 Å². The summed E-state index contributed by atoms with van der Waals surface area (Å²) in [5.74, 6) is -0.148. The smallest absolute Gasteiger partial charge is 0.262 e. The Morgan fingerprint density at radius 2 is 1.94 bits per heavy atom. The molecule has 1 saturated carbocycles. The van der Waals surface area contributed by atoms with Crippen LogP contribution in [0.3, 0.4) is 0 Å². The lowest BCUT2D eigenvalue weighted by Gasteiger charge is -2.32. The second-order valence-electron chi connectivity index (χ2n) is 8.64. The number of carbonyl (C=O) groups excluding carboxylic acids is 2. The van der Waals surface area contributed by atoms with Crippen LogP contribution in [-0.4, -0.2) is 61.4 Å². The first kappa shape index (κ1) is 23.9. The van der Waals surface area contributed by atoms with Crippen molar-refractivity contribution in [3.63, 3.8) is 0 Å². The molecule has 2 aliphatic rings. The van der Waals surface area contributed by atoms with Gasteiger partial charge in [0.25, 0.3) is 5.91 Å². The number of hydrazone groups is 1. The van der Waals surface area contributed by atoms with Crippen LogP contribution in [0.25, 0.3) is 0 Å². The Hall–Kier alpha value is -3.26. The molecule has 34 heavy (non-hydrogen) atoms. The summed E-state index contributed by atoms with van der Waals surface area (Å²) in [6.45, 7) is 0.529.